The number of carbonyl (C=O) groups is 4. The normalized spacial score (nSPS) is 20.5. The zero-order valence-electron chi connectivity index (χ0n) is 16.6. The fourth-order valence-electron chi connectivity index (χ4n) is 2.83. The van der Waals surface area contributed by atoms with E-state index in [9.17, 15) is 37.5 Å². The van der Waals surface area contributed by atoms with Gasteiger partial charge in [0.05, 0.1) is 5.75 Å². The van der Waals surface area contributed by atoms with Crippen molar-refractivity contribution in [1.29, 1.82) is 0 Å². The summed E-state index contributed by atoms with van der Waals surface area (Å²) in [6, 6.07) is -1.22. The summed E-state index contributed by atoms with van der Waals surface area (Å²) in [4.78, 5) is 56.9. The van der Waals surface area contributed by atoms with Crippen molar-refractivity contribution in [2.24, 2.45) is 5.16 Å². The first-order valence-corrected chi connectivity index (χ1v) is 11.8. The number of thioether (sulfide) groups is 2. The molecule has 2 aliphatic rings. The molecule has 0 radical (unpaired) electrons. The number of hydrogen-bond donors (Lipinski definition) is 4. The molecule has 184 valence electrons. The predicted octanol–water partition coefficient (Wildman–Crippen LogP) is 0.522. The van der Waals surface area contributed by atoms with Crippen molar-refractivity contribution in [3.8, 4) is 0 Å². The van der Waals surface area contributed by atoms with E-state index < -0.39 is 65.1 Å². The quantitative estimate of drug-likeness (QED) is 0.194. The van der Waals surface area contributed by atoms with E-state index in [0.717, 1.165) is 28.0 Å². The smallest absolute Gasteiger partial charge is 0.398 e. The first-order chi connectivity index (χ1) is 15.9. The number of oxime groups is 1. The van der Waals surface area contributed by atoms with Crippen LogP contribution in [0.25, 0.3) is 0 Å². The van der Waals surface area contributed by atoms with E-state index in [-0.39, 0.29) is 33.2 Å². The molecule has 3 heterocycles. The molecule has 1 fully saturated rings. The zero-order valence-corrected chi connectivity index (χ0v) is 19.0. The van der Waals surface area contributed by atoms with Gasteiger partial charge in [-0.25, -0.2) is 14.6 Å². The van der Waals surface area contributed by atoms with Gasteiger partial charge in [0.25, 0.3) is 11.8 Å². The molecule has 0 spiro atoms. The minimum Gasteiger partial charge on any atom is -0.479 e. The lowest BCUT2D eigenvalue weighted by molar-refractivity contribution is -0.150. The average molecular weight is 542 g/mol. The summed E-state index contributed by atoms with van der Waals surface area (Å²) in [6.45, 7) is -0.865. The number of carboxylic acid groups (broad SMARTS) is 2. The minimum absolute atomic E-state index is 0.0535. The molecule has 1 aromatic rings. The number of amides is 2. The third-order valence-electron chi connectivity index (χ3n) is 4.16. The van der Waals surface area contributed by atoms with E-state index in [2.05, 4.69) is 20.3 Å². The number of nitrogens with one attached hydrogen (secondary N) is 1. The van der Waals surface area contributed by atoms with Crippen molar-refractivity contribution in [2.75, 3.05) is 23.8 Å². The molecule has 0 unspecified atom stereocenters. The summed E-state index contributed by atoms with van der Waals surface area (Å²) < 4.78 is 37.7. The number of thiazole rings is 1. The number of anilines is 1. The van der Waals surface area contributed by atoms with Crippen LogP contribution in [-0.2, 0) is 24.0 Å². The maximum Gasteiger partial charge on any atom is 0.398 e. The van der Waals surface area contributed by atoms with Gasteiger partial charge in [-0.3, -0.25) is 14.5 Å². The second kappa shape index (κ2) is 10.1. The third-order valence-corrected chi connectivity index (χ3v) is 7.45. The van der Waals surface area contributed by atoms with Crippen LogP contribution in [0.2, 0.25) is 0 Å². The van der Waals surface area contributed by atoms with E-state index in [0.29, 0.717) is 0 Å². The number of fused-ring (bicyclic) bond motifs is 1. The van der Waals surface area contributed by atoms with Crippen LogP contribution in [0.3, 0.4) is 0 Å². The number of nitrogens with zero attached hydrogens (tertiary/aromatic N) is 3. The highest BCUT2D eigenvalue weighted by Gasteiger charge is 2.54. The third kappa shape index (κ3) is 5.73. The molecule has 5 N–H and O–H groups in total. The van der Waals surface area contributed by atoms with Crippen LogP contribution in [0.4, 0.5) is 18.3 Å². The van der Waals surface area contributed by atoms with Gasteiger partial charge in [-0.1, -0.05) is 5.16 Å². The lowest BCUT2D eigenvalue weighted by Gasteiger charge is -2.49. The Morgan fingerprint density at radius 3 is 2.65 bits per heavy atom. The molecule has 0 aliphatic carbocycles. The number of nitrogen functional groups attached to an aromatic ring is 1. The molecular formula is C16H14F3N5O7S3. The first kappa shape index (κ1) is 25.6. The average Bonchev–Trinajstić information content (AvgIpc) is 3.17. The number of hydrogen-bond acceptors (Lipinski definition) is 11. The van der Waals surface area contributed by atoms with Gasteiger partial charge in [-0.05, 0) is 0 Å². The molecule has 2 atom stereocenters. The van der Waals surface area contributed by atoms with Crippen LogP contribution in [-0.4, -0.2) is 85.3 Å². The SMILES string of the molecule is Nc1nc(/C(=N\OCC(=O)O)C(=O)N[C@@H]2C(=O)N3C(C(=O)O)=C(SCC(F)(F)F)CS[C@H]23)cs1. The van der Waals surface area contributed by atoms with Gasteiger partial charge in [0, 0.05) is 16.0 Å². The van der Waals surface area contributed by atoms with E-state index in [1.54, 1.807) is 0 Å². The molecule has 1 aromatic heterocycles. The van der Waals surface area contributed by atoms with Gasteiger partial charge < -0.3 is 26.1 Å². The number of rotatable bonds is 9. The van der Waals surface area contributed by atoms with Gasteiger partial charge in [0.15, 0.2) is 10.8 Å². The number of halogens is 3. The van der Waals surface area contributed by atoms with Crippen LogP contribution >= 0.6 is 34.9 Å². The number of β-lactam (4-membered cyclic amide) rings is 1. The Morgan fingerprint density at radius 1 is 1.38 bits per heavy atom. The van der Waals surface area contributed by atoms with Crippen molar-refractivity contribution in [2.45, 2.75) is 17.6 Å². The number of aliphatic carboxylic acids is 2. The van der Waals surface area contributed by atoms with Crippen molar-refractivity contribution in [3.63, 3.8) is 0 Å². The van der Waals surface area contributed by atoms with Crippen LogP contribution in [0, 0.1) is 0 Å². The molecule has 0 saturated carbocycles. The summed E-state index contributed by atoms with van der Waals surface area (Å²) in [5.74, 6) is -6.20. The number of nitrogens with two attached hydrogens (primary N) is 1. The molecule has 0 bridgehead atoms. The zero-order chi connectivity index (χ0) is 25.2. The lowest BCUT2D eigenvalue weighted by atomic mass is 10.0. The van der Waals surface area contributed by atoms with Crippen LogP contribution in [0.1, 0.15) is 5.69 Å². The topological polar surface area (TPSA) is 185 Å². The van der Waals surface area contributed by atoms with E-state index >= 15 is 0 Å². The Balaban J connectivity index is 1.77. The summed E-state index contributed by atoms with van der Waals surface area (Å²) in [7, 11) is 0. The molecule has 0 aromatic carbocycles. The van der Waals surface area contributed by atoms with Gasteiger partial charge in [0.2, 0.25) is 6.61 Å². The van der Waals surface area contributed by atoms with E-state index in [1.165, 1.54) is 5.38 Å². The minimum atomic E-state index is -4.53. The van der Waals surface area contributed by atoms with E-state index in [4.69, 9.17) is 10.8 Å². The second-order valence-electron chi connectivity index (χ2n) is 6.52. The van der Waals surface area contributed by atoms with Gasteiger partial charge in [-0.15, -0.1) is 34.9 Å². The fraction of sp³-hybridized carbons (Fsp3) is 0.375. The summed E-state index contributed by atoms with van der Waals surface area (Å²) in [5.41, 5.74) is 4.44. The highest BCUT2D eigenvalue weighted by atomic mass is 32.2. The molecule has 1 saturated heterocycles. The monoisotopic (exact) mass is 541 g/mol. The largest absolute Gasteiger partial charge is 0.479 e. The Labute approximate surface area is 200 Å². The molecule has 12 nitrogen and oxygen atoms in total. The van der Waals surface area contributed by atoms with Crippen molar-refractivity contribution in [3.05, 3.63) is 21.7 Å². The second-order valence-corrected chi connectivity index (χ2v) is 9.58. The Morgan fingerprint density at radius 2 is 2.09 bits per heavy atom. The van der Waals surface area contributed by atoms with E-state index in [1.807, 2.05) is 0 Å². The van der Waals surface area contributed by atoms with Crippen molar-refractivity contribution in [1.82, 2.24) is 15.2 Å². The first-order valence-electron chi connectivity index (χ1n) is 8.93. The Kier molecular flexibility index (Phi) is 7.61. The van der Waals surface area contributed by atoms with Crippen LogP contribution in [0.5, 0.6) is 0 Å². The highest BCUT2D eigenvalue weighted by molar-refractivity contribution is 8.06. The summed E-state index contributed by atoms with van der Waals surface area (Å²) in [6.07, 6.45) is -4.53. The maximum absolute atomic E-state index is 12.8. The lowest BCUT2D eigenvalue weighted by Crippen LogP contribution is -2.71. The summed E-state index contributed by atoms with van der Waals surface area (Å²) >= 11 is 2.22. The molecule has 34 heavy (non-hydrogen) atoms. The molecule has 18 heteroatoms. The maximum atomic E-state index is 12.8. The van der Waals surface area contributed by atoms with Gasteiger partial charge in [0.1, 0.15) is 22.8 Å². The number of aromatic nitrogens is 1. The van der Waals surface area contributed by atoms with Crippen molar-refractivity contribution < 1.29 is 47.4 Å². The number of alkyl halides is 3. The fourth-order valence-corrected chi connectivity index (χ4v) is 5.77. The Bertz CT molecular complexity index is 1090. The molecule has 3 rings (SSSR count). The predicted molar refractivity (Wildman–Crippen MR) is 115 cm³/mol. The number of carboxylic acids is 2. The molecule has 2 aliphatic heterocycles. The standard InChI is InChI=1S/C16H14F3N5O7S3/c17-16(18,19)4-34-6-3-32-13-9(12(28)24(13)10(6)14(29)30)22-11(27)8(23-31-1-7(25)26)5-2-33-15(20)21-5/h2,9,13H,1,3-4H2,(H2,20,21)(H,22,27)(H,25,26)(H,29,30)/b23-8+/t9-,13-/m1/s1. The number of carbonyl (C=O) groups excluding carboxylic acids is 2. The van der Waals surface area contributed by atoms with Crippen molar-refractivity contribution >= 4 is 69.5 Å². The molecule has 2 amide bonds. The van der Waals surface area contributed by atoms with Gasteiger partial charge >= 0.3 is 18.1 Å². The van der Waals surface area contributed by atoms with Gasteiger partial charge in [-0.2, -0.15) is 13.2 Å². The molecular weight excluding hydrogens is 527 g/mol. The van der Waals surface area contributed by atoms with Crippen LogP contribution in [0.15, 0.2) is 21.1 Å². The van der Waals surface area contributed by atoms with Crippen LogP contribution < -0.4 is 11.1 Å². The Hall–Kier alpha value is -2.99. The highest BCUT2D eigenvalue weighted by Crippen LogP contribution is 2.44. The summed E-state index contributed by atoms with van der Waals surface area (Å²) in [5, 5.41) is 24.5.